The van der Waals surface area contributed by atoms with Gasteiger partial charge in [0, 0.05) is 38.8 Å². The first-order valence-corrected chi connectivity index (χ1v) is 7.42. The highest BCUT2D eigenvalue weighted by Gasteiger charge is 2.48. The van der Waals surface area contributed by atoms with Crippen molar-refractivity contribution in [3.63, 3.8) is 0 Å². The molecule has 2 atom stereocenters. The maximum atomic E-state index is 12.0. The van der Waals surface area contributed by atoms with E-state index in [-0.39, 0.29) is 10.5 Å². The van der Waals surface area contributed by atoms with Crippen molar-refractivity contribution in [2.45, 2.75) is 48.7 Å². The average molecular weight is 251 g/mol. The molecule has 2 aliphatic rings. The van der Waals surface area contributed by atoms with E-state index < -0.39 is 16.4 Å². The van der Waals surface area contributed by atoms with Crippen LogP contribution in [-0.2, 0) is 16.4 Å². The molecule has 0 aromatic carbocycles. The van der Waals surface area contributed by atoms with Crippen LogP contribution in [0.2, 0.25) is 0 Å². The van der Waals surface area contributed by atoms with E-state index in [4.69, 9.17) is 0 Å². The molecule has 17 heavy (non-hydrogen) atoms. The number of rotatable bonds is 1. The first kappa shape index (κ1) is 11.4. The molecule has 2 aliphatic heterocycles. The molecule has 2 bridgehead atoms. The second-order valence-electron chi connectivity index (χ2n) is 5.23. The first-order valence-electron chi connectivity index (χ1n) is 6.14. The fourth-order valence-electron chi connectivity index (χ4n) is 3.28. The maximum Gasteiger partial charge on any atom is 0.0936 e. The number of fused-ring (bicyclic) bond motifs is 2. The summed E-state index contributed by atoms with van der Waals surface area (Å²) in [5.74, 6) is 0. The minimum absolute atomic E-state index is 0.179. The summed E-state index contributed by atoms with van der Waals surface area (Å²) >= 11 is 0. The summed E-state index contributed by atoms with van der Waals surface area (Å²) in [6, 6.07) is 3.82. The molecule has 2 saturated heterocycles. The van der Waals surface area contributed by atoms with E-state index in [0.29, 0.717) is 12.8 Å². The lowest BCUT2D eigenvalue weighted by Crippen LogP contribution is -2.40. The Morgan fingerprint density at radius 2 is 2.06 bits per heavy atom. The number of hydrogen-bond acceptors (Lipinski definition) is 3. The quantitative estimate of drug-likeness (QED) is 0.825. The lowest BCUT2D eigenvalue weighted by Gasteiger charge is -2.36. The van der Waals surface area contributed by atoms with Gasteiger partial charge in [-0.2, -0.15) is 0 Å². The van der Waals surface area contributed by atoms with Gasteiger partial charge in [0.1, 0.15) is 0 Å². The second-order valence-corrected chi connectivity index (χ2v) is 7.22. The van der Waals surface area contributed by atoms with E-state index in [1.165, 1.54) is 0 Å². The van der Waals surface area contributed by atoms with Crippen LogP contribution in [0.5, 0.6) is 0 Å². The molecular weight excluding hydrogens is 234 g/mol. The number of aliphatic hydroxyl groups is 1. The van der Waals surface area contributed by atoms with Crippen molar-refractivity contribution in [1.29, 1.82) is 0 Å². The van der Waals surface area contributed by atoms with Gasteiger partial charge in [-0.15, -0.1) is 0 Å². The lowest BCUT2D eigenvalue weighted by molar-refractivity contribution is 0.0175. The van der Waals surface area contributed by atoms with E-state index in [1.54, 1.807) is 6.20 Å². The molecule has 3 rings (SSSR count). The van der Waals surface area contributed by atoms with E-state index in [1.807, 2.05) is 19.1 Å². The van der Waals surface area contributed by atoms with Gasteiger partial charge in [0.05, 0.1) is 5.60 Å². The van der Waals surface area contributed by atoms with Gasteiger partial charge in [0.25, 0.3) is 0 Å². The van der Waals surface area contributed by atoms with Crippen LogP contribution in [0.15, 0.2) is 18.3 Å². The van der Waals surface area contributed by atoms with Crippen molar-refractivity contribution in [3.05, 3.63) is 29.6 Å². The molecule has 4 heteroatoms. The number of hydrogen-bond donors (Lipinski definition) is 1. The van der Waals surface area contributed by atoms with Crippen LogP contribution in [0.25, 0.3) is 0 Å². The molecule has 0 saturated carbocycles. The molecule has 0 aliphatic carbocycles. The maximum absolute atomic E-state index is 12.0. The summed E-state index contributed by atoms with van der Waals surface area (Å²) in [5, 5.41) is 11.2. The highest BCUT2D eigenvalue weighted by Crippen LogP contribution is 2.46. The zero-order valence-corrected chi connectivity index (χ0v) is 10.7. The Bertz CT molecular complexity index is 458. The monoisotopic (exact) mass is 251 g/mol. The van der Waals surface area contributed by atoms with Gasteiger partial charge < -0.3 is 5.11 Å². The summed E-state index contributed by atoms with van der Waals surface area (Å²) in [6.45, 7) is 1.93. The van der Waals surface area contributed by atoms with Gasteiger partial charge in [-0.25, -0.2) is 0 Å². The third-order valence-corrected chi connectivity index (χ3v) is 6.23. The van der Waals surface area contributed by atoms with Crippen LogP contribution in [0.1, 0.15) is 36.9 Å². The SMILES string of the molecule is Cc1ncccc1C1(O)CC2CCC(C1)S2=O. The predicted molar refractivity (Wildman–Crippen MR) is 67.1 cm³/mol. The van der Waals surface area contributed by atoms with Crippen LogP contribution in [0, 0.1) is 6.92 Å². The molecule has 2 unspecified atom stereocenters. The summed E-state index contributed by atoms with van der Waals surface area (Å²) in [6.07, 6.45) is 5.00. The molecule has 1 aromatic rings. The minimum Gasteiger partial charge on any atom is -0.385 e. The van der Waals surface area contributed by atoms with Crippen LogP contribution in [0.4, 0.5) is 0 Å². The number of nitrogens with zero attached hydrogens (tertiary/aromatic N) is 1. The van der Waals surface area contributed by atoms with Gasteiger partial charge in [-0.05, 0) is 38.7 Å². The molecular formula is C13H17NO2S. The van der Waals surface area contributed by atoms with Crippen LogP contribution in [0.3, 0.4) is 0 Å². The minimum atomic E-state index is -0.807. The smallest absolute Gasteiger partial charge is 0.0936 e. The van der Waals surface area contributed by atoms with Gasteiger partial charge in [-0.1, -0.05) is 6.07 Å². The number of aryl methyl sites for hydroxylation is 1. The highest BCUT2D eigenvalue weighted by atomic mass is 32.2. The van der Waals surface area contributed by atoms with E-state index in [0.717, 1.165) is 24.1 Å². The van der Waals surface area contributed by atoms with Gasteiger partial charge >= 0.3 is 0 Å². The summed E-state index contributed by atoms with van der Waals surface area (Å²) in [4.78, 5) is 4.25. The van der Waals surface area contributed by atoms with Crippen LogP contribution >= 0.6 is 0 Å². The van der Waals surface area contributed by atoms with E-state index in [2.05, 4.69) is 4.98 Å². The Hall–Kier alpha value is -0.740. The van der Waals surface area contributed by atoms with Crippen molar-refractivity contribution >= 4 is 10.8 Å². The highest BCUT2D eigenvalue weighted by molar-refractivity contribution is 7.86. The van der Waals surface area contributed by atoms with Crippen LogP contribution < -0.4 is 0 Å². The summed E-state index contributed by atoms with van der Waals surface area (Å²) < 4.78 is 12.0. The van der Waals surface area contributed by atoms with E-state index in [9.17, 15) is 9.32 Å². The van der Waals surface area contributed by atoms with Crippen molar-refractivity contribution < 1.29 is 9.32 Å². The van der Waals surface area contributed by atoms with E-state index >= 15 is 0 Å². The molecule has 0 amide bonds. The number of aromatic nitrogens is 1. The van der Waals surface area contributed by atoms with Crippen molar-refractivity contribution in [2.75, 3.05) is 0 Å². The summed E-state index contributed by atoms with van der Waals surface area (Å²) in [7, 11) is -0.726. The van der Waals surface area contributed by atoms with Crippen molar-refractivity contribution in [1.82, 2.24) is 4.98 Å². The predicted octanol–water partition coefficient (Wildman–Crippen LogP) is 1.65. The molecule has 0 radical (unpaired) electrons. The molecule has 1 N–H and O–H groups in total. The zero-order valence-electron chi connectivity index (χ0n) is 9.93. The third-order valence-electron chi connectivity index (χ3n) is 4.11. The second kappa shape index (κ2) is 3.89. The normalized spacial score (nSPS) is 40.5. The van der Waals surface area contributed by atoms with Gasteiger partial charge in [-0.3, -0.25) is 9.19 Å². The fraction of sp³-hybridized carbons (Fsp3) is 0.615. The first-order chi connectivity index (χ1) is 8.10. The number of pyridine rings is 1. The summed E-state index contributed by atoms with van der Waals surface area (Å²) in [5.41, 5.74) is 1.01. The molecule has 2 fully saturated rings. The molecule has 0 spiro atoms. The van der Waals surface area contributed by atoms with Crippen molar-refractivity contribution in [2.24, 2.45) is 0 Å². The Morgan fingerprint density at radius 1 is 1.41 bits per heavy atom. The topological polar surface area (TPSA) is 50.2 Å². The van der Waals surface area contributed by atoms with Crippen LogP contribution in [-0.4, -0.2) is 24.8 Å². The lowest BCUT2D eigenvalue weighted by atomic mass is 9.85. The van der Waals surface area contributed by atoms with Crippen molar-refractivity contribution in [3.8, 4) is 0 Å². The Kier molecular flexibility index (Phi) is 2.60. The third kappa shape index (κ3) is 1.74. The Balaban J connectivity index is 1.98. The molecule has 92 valence electrons. The van der Waals surface area contributed by atoms with Gasteiger partial charge in [0.2, 0.25) is 0 Å². The molecule has 3 nitrogen and oxygen atoms in total. The Morgan fingerprint density at radius 3 is 2.65 bits per heavy atom. The van der Waals surface area contributed by atoms with Gasteiger partial charge in [0.15, 0.2) is 0 Å². The average Bonchev–Trinajstić information content (AvgIpc) is 2.53. The Labute approximate surface area is 104 Å². The molecule has 1 aromatic heterocycles. The standard InChI is InChI=1S/C13H17NO2S/c1-9-12(3-2-6-14-9)13(15)7-10-4-5-11(8-13)17(10)16/h2-3,6,10-11,15H,4-5,7-8H2,1H3. The molecule has 3 heterocycles. The fourth-order valence-corrected chi connectivity index (χ4v) is 5.44. The largest absolute Gasteiger partial charge is 0.385 e. The zero-order chi connectivity index (χ0) is 12.0.